The number of nitrogens with zero attached hydrogens (tertiary/aromatic N) is 3. The number of allylic oxidation sites excluding steroid dienone is 1. The van der Waals surface area contributed by atoms with Crippen LogP contribution in [0, 0.1) is 6.92 Å². The maximum absolute atomic E-state index is 4.59. The predicted octanol–water partition coefficient (Wildman–Crippen LogP) is 4.00. The van der Waals surface area contributed by atoms with Gasteiger partial charge >= 0.3 is 0 Å². The summed E-state index contributed by atoms with van der Waals surface area (Å²) >= 11 is 0. The molecule has 0 amide bonds. The summed E-state index contributed by atoms with van der Waals surface area (Å²) < 4.78 is 0. The van der Waals surface area contributed by atoms with Gasteiger partial charge in [0.05, 0.1) is 0 Å². The van der Waals surface area contributed by atoms with Crippen molar-refractivity contribution in [3.05, 3.63) is 48.9 Å². The van der Waals surface area contributed by atoms with Crippen molar-refractivity contribution < 1.29 is 0 Å². The Bertz CT molecular complexity index is 581. The second kappa shape index (κ2) is 7.53. The number of anilines is 1. The van der Waals surface area contributed by atoms with E-state index in [9.17, 15) is 0 Å². The summed E-state index contributed by atoms with van der Waals surface area (Å²) in [7, 11) is 0. The second-order valence-electron chi connectivity index (χ2n) is 5.22. The van der Waals surface area contributed by atoms with Crippen LogP contribution in [0.15, 0.2) is 43.2 Å². The molecule has 0 bridgehead atoms. The Morgan fingerprint density at radius 1 is 1.38 bits per heavy atom. The molecule has 0 aliphatic rings. The molecule has 1 unspecified atom stereocenters. The molecule has 0 aromatic carbocycles. The van der Waals surface area contributed by atoms with Crippen LogP contribution in [0.5, 0.6) is 0 Å². The van der Waals surface area contributed by atoms with Gasteiger partial charge in [-0.05, 0) is 45.2 Å². The molecule has 0 fully saturated rings. The van der Waals surface area contributed by atoms with Crippen molar-refractivity contribution in [2.75, 3.05) is 5.32 Å². The molecule has 21 heavy (non-hydrogen) atoms. The van der Waals surface area contributed by atoms with Crippen LogP contribution in [0.25, 0.3) is 11.4 Å². The molecule has 2 aromatic heterocycles. The van der Waals surface area contributed by atoms with Crippen molar-refractivity contribution in [2.24, 2.45) is 0 Å². The van der Waals surface area contributed by atoms with E-state index in [1.807, 2.05) is 31.2 Å². The standard InChI is InChI=1S/C17H22N4/c1-4-5-6-8-13(2)19-16-11-14(3)20-17(21-16)15-9-7-10-18-12-15/h4,7,9-13H,1,5-6,8H2,2-3H3,(H,19,20,21). The number of hydrogen-bond donors (Lipinski definition) is 1. The van der Waals surface area contributed by atoms with Gasteiger partial charge in [0.25, 0.3) is 0 Å². The Hall–Kier alpha value is -2.23. The van der Waals surface area contributed by atoms with Crippen LogP contribution in [0.2, 0.25) is 0 Å². The Kier molecular flexibility index (Phi) is 5.43. The second-order valence-corrected chi connectivity index (χ2v) is 5.22. The lowest BCUT2D eigenvalue weighted by Crippen LogP contribution is -2.16. The van der Waals surface area contributed by atoms with E-state index in [1.165, 1.54) is 0 Å². The lowest BCUT2D eigenvalue weighted by Gasteiger charge is -2.15. The van der Waals surface area contributed by atoms with Crippen LogP contribution in [0.1, 0.15) is 31.9 Å². The molecule has 4 nitrogen and oxygen atoms in total. The number of pyridine rings is 1. The van der Waals surface area contributed by atoms with E-state index < -0.39 is 0 Å². The van der Waals surface area contributed by atoms with E-state index in [0.29, 0.717) is 11.9 Å². The molecule has 0 spiro atoms. The molecule has 0 saturated carbocycles. The lowest BCUT2D eigenvalue weighted by molar-refractivity contribution is 0.661. The summed E-state index contributed by atoms with van der Waals surface area (Å²) in [5, 5.41) is 3.45. The molecule has 0 saturated heterocycles. The van der Waals surface area contributed by atoms with Gasteiger partial charge in [0.15, 0.2) is 5.82 Å². The van der Waals surface area contributed by atoms with Crippen molar-refractivity contribution in [2.45, 2.75) is 39.2 Å². The summed E-state index contributed by atoms with van der Waals surface area (Å²) in [5.41, 5.74) is 1.88. The van der Waals surface area contributed by atoms with Gasteiger partial charge in [-0.2, -0.15) is 0 Å². The smallest absolute Gasteiger partial charge is 0.163 e. The summed E-state index contributed by atoms with van der Waals surface area (Å²) in [6.07, 6.45) is 8.78. The van der Waals surface area contributed by atoms with Crippen LogP contribution in [-0.4, -0.2) is 21.0 Å². The maximum Gasteiger partial charge on any atom is 0.163 e. The van der Waals surface area contributed by atoms with Crippen molar-refractivity contribution >= 4 is 5.82 Å². The van der Waals surface area contributed by atoms with Crippen molar-refractivity contribution in [3.8, 4) is 11.4 Å². The molecule has 0 radical (unpaired) electrons. The first-order valence-electron chi connectivity index (χ1n) is 7.32. The molecule has 110 valence electrons. The van der Waals surface area contributed by atoms with Gasteiger partial charge in [-0.3, -0.25) is 4.98 Å². The van der Waals surface area contributed by atoms with E-state index in [1.54, 1.807) is 12.4 Å². The number of aryl methyl sites for hydroxylation is 1. The third-order valence-electron chi connectivity index (χ3n) is 3.21. The third kappa shape index (κ3) is 4.67. The van der Waals surface area contributed by atoms with Crippen LogP contribution >= 0.6 is 0 Å². The zero-order valence-electron chi connectivity index (χ0n) is 12.7. The number of nitrogens with one attached hydrogen (secondary N) is 1. The van der Waals surface area contributed by atoms with E-state index in [4.69, 9.17) is 0 Å². The maximum atomic E-state index is 4.59. The Morgan fingerprint density at radius 3 is 2.95 bits per heavy atom. The highest BCUT2D eigenvalue weighted by molar-refractivity contribution is 5.56. The number of unbranched alkanes of at least 4 members (excludes halogenated alkanes) is 1. The molecule has 2 rings (SSSR count). The molecular formula is C17H22N4. The third-order valence-corrected chi connectivity index (χ3v) is 3.21. The minimum absolute atomic E-state index is 0.376. The van der Waals surface area contributed by atoms with E-state index in [-0.39, 0.29) is 0 Å². The van der Waals surface area contributed by atoms with Gasteiger partial charge in [0.1, 0.15) is 5.82 Å². The van der Waals surface area contributed by atoms with Gasteiger partial charge in [0, 0.05) is 35.8 Å². The molecule has 2 aromatic rings. The van der Waals surface area contributed by atoms with Crippen LogP contribution in [0.3, 0.4) is 0 Å². The first-order valence-corrected chi connectivity index (χ1v) is 7.32. The summed E-state index contributed by atoms with van der Waals surface area (Å²) in [4.78, 5) is 13.2. The summed E-state index contributed by atoms with van der Waals surface area (Å²) in [6, 6.07) is 6.22. The average Bonchev–Trinajstić information content (AvgIpc) is 2.48. The predicted molar refractivity (Wildman–Crippen MR) is 87.1 cm³/mol. The highest BCUT2D eigenvalue weighted by atomic mass is 15.0. The first kappa shape index (κ1) is 15.2. The zero-order chi connectivity index (χ0) is 15.1. The topological polar surface area (TPSA) is 50.7 Å². The Labute approximate surface area is 126 Å². The van der Waals surface area contributed by atoms with Crippen molar-refractivity contribution in [1.82, 2.24) is 15.0 Å². The normalized spacial score (nSPS) is 11.9. The van der Waals surface area contributed by atoms with Gasteiger partial charge in [-0.1, -0.05) is 6.08 Å². The largest absolute Gasteiger partial charge is 0.367 e. The fourth-order valence-corrected chi connectivity index (χ4v) is 2.16. The fraction of sp³-hybridized carbons (Fsp3) is 0.353. The van der Waals surface area contributed by atoms with Gasteiger partial charge < -0.3 is 5.32 Å². The monoisotopic (exact) mass is 282 g/mol. The Balaban J connectivity index is 2.10. The molecule has 4 heteroatoms. The highest BCUT2D eigenvalue weighted by Crippen LogP contribution is 2.17. The van der Waals surface area contributed by atoms with E-state index in [2.05, 4.69) is 33.8 Å². The molecule has 0 aliphatic heterocycles. The van der Waals surface area contributed by atoms with E-state index in [0.717, 1.165) is 36.3 Å². The van der Waals surface area contributed by atoms with Gasteiger partial charge in [0.2, 0.25) is 0 Å². The van der Waals surface area contributed by atoms with Crippen molar-refractivity contribution in [1.29, 1.82) is 0 Å². The SMILES string of the molecule is C=CCCCC(C)Nc1cc(C)nc(-c2cccnc2)n1. The molecule has 0 aliphatic carbocycles. The van der Waals surface area contributed by atoms with Crippen LogP contribution in [-0.2, 0) is 0 Å². The molecule has 2 heterocycles. The number of aromatic nitrogens is 3. The summed E-state index contributed by atoms with van der Waals surface area (Å²) in [5.74, 6) is 1.58. The summed E-state index contributed by atoms with van der Waals surface area (Å²) in [6.45, 7) is 7.90. The van der Waals surface area contributed by atoms with Gasteiger partial charge in [-0.15, -0.1) is 6.58 Å². The lowest BCUT2D eigenvalue weighted by atomic mass is 10.1. The van der Waals surface area contributed by atoms with Crippen LogP contribution < -0.4 is 5.32 Å². The molecule has 1 N–H and O–H groups in total. The quantitative estimate of drug-likeness (QED) is 0.616. The number of rotatable bonds is 7. The minimum atomic E-state index is 0.376. The Morgan fingerprint density at radius 2 is 2.24 bits per heavy atom. The fourth-order valence-electron chi connectivity index (χ4n) is 2.16. The van der Waals surface area contributed by atoms with Crippen molar-refractivity contribution in [3.63, 3.8) is 0 Å². The highest BCUT2D eigenvalue weighted by Gasteiger charge is 2.07. The molecular weight excluding hydrogens is 260 g/mol. The van der Waals surface area contributed by atoms with Gasteiger partial charge in [-0.25, -0.2) is 9.97 Å². The molecule has 1 atom stereocenters. The van der Waals surface area contributed by atoms with Crippen LogP contribution in [0.4, 0.5) is 5.82 Å². The number of hydrogen-bond acceptors (Lipinski definition) is 4. The zero-order valence-corrected chi connectivity index (χ0v) is 12.7. The van der Waals surface area contributed by atoms with E-state index >= 15 is 0 Å². The average molecular weight is 282 g/mol. The first-order chi connectivity index (χ1) is 10.2. The minimum Gasteiger partial charge on any atom is -0.367 e.